The summed E-state index contributed by atoms with van der Waals surface area (Å²) < 4.78 is 1.54. The topological polar surface area (TPSA) is 55.2 Å². The number of carbonyl (C=O) groups excluding carboxylic acids is 1. The van der Waals surface area contributed by atoms with Crippen molar-refractivity contribution in [2.75, 3.05) is 6.54 Å². The minimum Gasteiger partial charge on any atom is -0.335 e. The minimum atomic E-state index is -0.0883. The van der Waals surface area contributed by atoms with E-state index in [-0.39, 0.29) is 17.5 Å². The van der Waals surface area contributed by atoms with E-state index in [2.05, 4.69) is 16.4 Å². The lowest BCUT2D eigenvalue weighted by atomic mass is 10.2. The monoisotopic (exact) mass is 353 g/mol. The third kappa shape index (κ3) is 3.09. The van der Waals surface area contributed by atoms with E-state index in [0.29, 0.717) is 23.9 Å². The van der Waals surface area contributed by atoms with Crippen LogP contribution in [-0.4, -0.2) is 26.9 Å². The van der Waals surface area contributed by atoms with Crippen LogP contribution in [-0.2, 0) is 11.3 Å². The van der Waals surface area contributed by atoms with Crippen LogP contribution in [0.2, 0.25) is 0 Å². The van der Waals surface area contributed by atoms with Gasteiger partial charge in [-0.3, -0.25) is 14.2 Å². The molecular weight excluding hydrogens is 334 g/mol. The number of likely N-dealkylation sites (tertiary alicyclic amines) is 1. The molecule has 1 aliphatic rings. The van der Waals surface area contributed by atoms with Crippen molar-refractivity contribution in [2.24, 2.45) is 0 Å². The summed E-state index contributed by atoms with van der Waals surface area (Å²) in [6.07, 6.45) is 3.91. The van der Waals surface area contributed by atoms with Gasteiger partial charge in [0, 0.05) is 24.4 Å². The average Bonchev–Trinajstić information content (AvgIpc) is 3.32. The van der Waals surface area contributed by atoms with Gasteiger partial charge in [-0.1, -0.05) is 18.2 Å². The van der Waals surface area contributed by atoms with E-state index in [1.165, 1.54) is 9.44 Å². The summed E-state index contributed by atoms with van der Waals surface area (Å²) in [6.45, 7) is 1.16. The molecule has 1 fully saturated rings. The molecule has 1 atom stereocenters. The number of nitrogens with zero attached hydrogens (tertiary/aromatic N) is 3. The number of benzene rings is 1. The van der Waals surface area contributed by atoms with E-state index >= 15 is 0 Å². The van der Waals surface area contributed by atoms with Crippen LogP contribution in [0.3, 0.4) is 0 Å². The molecule has 0 N–H and O–H groups in total. The molecule has 1 aliphatic heterocycles. The number of carbonyl (C=O) groups is 1. The molecule has 0 saturated carbocycles. The quantitative estimate of drug-likeness (QED) is 0.724. The van der Waals surface area contributed by atoms with Gasteiger partial charge in [0.15, 0.2) is 0 Å². The van der Waals surface area contributed by atoms with Crippen molar-refractivity contribution in [3.63, 3.8) is 0 Å². The fourth-order valence-electron chi connectivity index (χ4n) is 3.47. The lowest BCUT2D eigenvalue weighted by Gasteiger charge is -2.24. The number of fused-ring (bicyclic) bond motifs is 1. The molecular formula is C19H19N3O2S. The number of thiophene rings is 1. The molecule has 1 saturated heterocycles. The van der Waals surface area contributed by atoms with Crippen LogP contribution in [0, 0.1) is 0 Å². The third-order valence-electron chi connectivity index (χ3n) is 4.74. The van der Waals surface area contributed by atoms with Crippen molar-refractivity contribution in [1.29, 1.82) is 0 Å². The molecule has 1 amide bonds. The van der Waals surface area contributed by atoms with Crippen molar-refractivity contribution in [1.82, 2.24) is 14.5 Å². The smallest absolute Gasteiger partial charge is 0.261 e. The fraction of sp³-hybridized carbons (Fsp3) is 0.316. The second-order valence-corrected chi connectivity index (χ2v) is 7.25. The lowest BCUT2D eigenvalue weighted by molar-refractivity contribution is -0.132. The molecule has 3 heterocycles. The van der Waals surface area contributed by atoms with E-state index in [0.717, 1.165) is 19.4 Å². The van der Waals surface area contributed by atoms with Gasteiger partial charge in [-0.05, 0) is 36.4 Å². The zero-order chi connectivity index (χ0) is 17.2. The highest BCUT2D eigenvalue weighted by molar-refractivity contribution is 7.10. The molecule has 128 valence electrons. The Kier molecular flexibility index (Phi) is 4.36. The maximum Gasteiger partial charge on any atom is 0.261 e. The lowest BCUT2D eigenvalue weighted by Crippen LogP contribution is -2.32. The summed E-state index contributed by atoms with van der Waals surface area (Å²) in [6, 6.07) is 11.6. The standard InChI is InChI=1S/C19H19N3O2S/c23-18(22-10-3-7-16(22)17-8-4-12-25-17)9-11-21-13-20-15-6-2-1-5-14(15)19(21)24/h1-2,4-6,8,12-13,16H,3,7,9-11H2. The number of rotatable bonds is 4. The highest BCUT2D eigenvalue weighted by Gasteiger charge is 2.30. The van der Waals surface area contributed by atoms with Gasteiger partial charge in [-0.25, -0.2) is 4.98 Å². The zero-order valence-electron chi connectivity index (χ0n) is 13.8. The largest absolute Gasteiger partial charge is 0.335 e. The molecule has 0 radical (unpaired) electrons. The highest BCUT2D eigenvalue weighted by Crippen LogP contribution is 2.34. The number of hydrogen-bond donors (Lipinski definition) is 0. The Morgan fingerprint density at radius 3 is 2.96 bits per heavy atom. The molecule has 2 aromatic heterocycles. The van der Waals surface area contributed by atoms with Crippen LogP contribution in [0.1, 0.15) is 30.2 Å². The summed E-state index contributed by atoms with van der Waals surface area (Å²) >= 11 is 1.70. The molecule has 6 heteroatoms. The zero-order valence-corrected chi connectivity index (χ0v) is 14.6. The summed E-state index contributed by atoms with van der Waals surface area (Å²) in [4.78, 5) is 32.7. The number of aryl methyl sites for hydroxylation is 1. The van der Waals surface area contributed by atoms with Gasteiger partial charge >= 0.3 is 0 Å². The molecule has 25 heavy (non-hydrogen) atoms. The van der Waals surface area contributed by atoms with Crippen LogP contribution in [0.25, 0.3) is 10.9 Å². The van der Waals surface area contributed by atoms with Crippen molar-refractivity contribution >= 4 is 28.1 Å². The SMILES string of the molecule is O=C(CCn1cnc2ccccc2c1=O)N1CCCC1c1cccs1. The van der Waals surface area contributed by atoms with Gasteiger partial charge in [0.1, 0.15) is 0 Å². The predicted octanol–water partition coefficient (Wildman–Crippen LogP) is 3.21. The summed E-state index contributed by atoms with van der Waals surface area (Å²) in [5.41, 5.74) is 0.599. The highest BCUT2D eigenvalue weighted by atomic mass is 32.1. The average molecular weight is 353 g/mol. The Morgan fingerprint density at radius 2 is 2.12 bits per heavy atom. The van der Waals surface area contributed by atoms with Crippen LogP contribution in [0.4, 0.5) is 0 Å². The molecule has 0 aliphatic carbocycles. The number of amides is 1. The first-order valence-electron chi connectivity index (χ1n) is 8.51. The number of aromatic nitrogens is 2. The third-order valence-corrected chi connectivity index (χ3v) is 5.72. The molecule has 0 spiro atoms. The first-order valence-corrected chi connectivity index (χ1v) is 9.39. The second-order valence-electron chi connectivity index (χ2n) is 6.27. The van der Waals surface area contributed by atoms with Crippen molar-refractivity contribution in [3.8, 4) is 0 Å². The molecule has 4 rings (SSSR count). The van der Waals surface area contributed by atoms with Gasteiger partial charge < -0.3 is 4.90 Å². The van der Waals surface area contributed by atoms with Crippen LogP contribution >= 0.6 is 11.3 Å². The van der Waals surface area contributed by atoms with E-state index < -0.39 is 0 Å². The summed E-state index contributed by atoms with van der Waals surface area (Å²) in [5, 5.41) is 2.64. The Labute approximate surface area is 149 Å². The number of hydrogen-bond acceptors (Lipinski definition) is 4. The molecule has 1 aromatic carbocycles. The van der Waals surface area contributed by atoms with Crippen molar-refractivity contribution in [3.05, 3.63) is 63.3 Å². The maximum atomic E-state index is 12.7. The molecule has 0 bridgehead atoms. The van der Waals surface area contributed by atoms with Gasteiger partial charge in [-0.2, -0.15) is 0 Å². The van der Waals surface area contributed by atoms with Crippen LogP contribution in [0.15, 0.2) is 52.9 Å². The summed E-state index contributed by atoms with van der Waals surface area (Å²) in [5.74, 6) is 0.107. The van der Waals surface area contributed by atoms with Gasteiger partial charge in [0.2, 0.25) is 5.91 Å². The first-order chi connectivity index (χ1) is 12.2. The second kappa shape index (κ2) is 6.80. The maximum absolute atomic E-state index is 12.7. The van der Waals surface area contributed by atoms with Gasteiger partial charge in [0.25, 0.3) is 5.56 Å². The molecule has 5 nitrogen and oxygen atoms in total. The Bertz CT molecular complexity index is 949. The van der Waals surface area contributed by atoms with E-state index in [1.54, 1.807) is 23.7 Å². The summed E-state index contributed by atoms with van der Waals surface area (Å²) in [7, 11) is 0. The van der Waals surface area contributed by atoms with Gasteiger partial charge in [0.05, 0.1) is 23.3 Å². The Morgan fingerprint density at radius 1 is 1.24 bits per heavy atom. The van der Waals surface area contributed by atoms with E-state index in [9.17, 15) is 9.59 Å². The van der Waals surface area contributed by atoms with Crippen molar-refractivity contribution in [2.45, 2.75) is 31.8 Å². The minimum absolute atomic E-state index is 0.0883. The number of para-hydroxylation sites is 1. The van der Waals surface area contributed by atoms with E-state index in [4.69, 9.17) is 0 Å². The normalized spacial score (nSPS) is 17.3. The molecule has 1 unspecified atom stereocenters. The Balaban J connectivity index is 1.49. The fourth-order valence-corrected chi connectivity index (χ4v) is 4.34. The molecule has 3 aromatic rings. The van der Waals surface area contributed by atoms with Crippen LogP contribution in [0.5, 0.6) is 0 Å². The predicted molar refractivity (Wildman–Crippen MR) is 98.6 cm³/mol. The Hall–Kier alpha value is -2.47. The first kappa shape index (κ1) is 16.0. The van der Waals surface area contributed by atoms with E-state index in [1.807, 2.05) is 29.2 Å². The van der Waals surface area contributed by atoms with Crippen LogP contribution < -0.4 is 5.56 Å². The van der Waals surface area contributed by atoms with Crippen molar-refractivity contribution < 1.29 is 4.79 Å². The van der Waals surface area contributed by atoms with Gasteiger partial charge in [-0.15, -0.1) is 11.3 Å².